The van der Waals surface area contributed by atoms with Gasteiger partial charge in [0.2, 0.25) is 11.8 Å². The van der Waals surface area contributed by atoms with Crippen LogP contribution in [0.3, 0.4) is 0 Å². The maximum Gasteiger partial charge on any atom is 0.325 e. The number of β-amino-alcohol motifs (C(OH)–C–C–N with tert-alkyl or cyclic N) is 1. The second-order valence-electron chi connectivity index (χ2n) is 7.03. The minimum Gasteiger partial charge on any atom is -0.391 e. The number of aliphatic hydroxyl groups is 1. The number of hydrogen-bond donors (Lipinski definition) is 2. The number of imide groups is 1. The van der Waals surface area contributed by atoms with Crippen LogP contribution in [0.4, 0.5) is 4.79 Å². The molecular formula is C19H20N4O4. The van der Waals surface area contributed by atoms with Gasteiger partial charge < -0.3 is 14.9 Å². The van der Waals surface area contributed by atoms with Gasteiger partial charge in [-0.2, -0.15) is 0 Å². The molecule has 1 aromatic carbocycles. The van der Waals surface area contributed by atoms with Gasteiger partial charge in [-0.3, -0.25) is 19.9 Å². The molecule has 2 aromatic rings. The summed E-state index contributed by atoms with van der Waals surface area (Å²) in [6.45, 7) is 0.387. The first-order chi connectivity index (χ1) is 13.0. The van der Waals surface area contributed by atoms with Gasteiger partial charge >= 0.3 is 6.03 Å². The zero-order valence-electron chi connectivity index (χ0n) is 14.7. The van der Waals surface area contributed by atoms with Crippen LogP contribution in [0.2, 0.25) is 0 Å². The van der Waals surface area contributed by atoms with E-state index in [4.69, 9.17) is 0 Å². The van der Waals surface area contributed by atoms with Crippen molar-refractivity contribution in [1.29, 1.82) is 0 Å². The Balaban J connectivity index is 1.43. The minimum absolute atomic E-state index is 0.0891. The lowest BCUT2D eigenvalue weighted by Crippen LogP contribution is -2.41. The van der Waals surface area contributed by atoms with E-state index in [1.165, 1.54) is 4.90 Å². The van der Waals surface area contributed by atoms with Crippen molar-refractivity contribution < 1.29 is 19.5 Å². The van der Waals surface area contributed by atoms with Crippen LogP contribution in [0, 0.1) is 5.92 Å². The molecule has 8 heteroatoms. The average Bonchev–Trinajstić information content (AvgIpc) is 3.17. The Kier molecular flexibility index (Phi) is 4.49. The molecule has 2 aliphatic heterocycles. The number of hydrogen-bond acceptors (Lipinski definition) is 5. The number of para-hydroxylation sites is 1. The predicted octanol–water partition coefficient (Wildman–Crippen LogP) is 0.148. The molecule has 3 heterocycles. The number of carbonyl (C=O) groups is 3. The molecule has 1 aromatic heterocycles. The number of nitrogens with one attached hydrogen (secondary N) is 1. The number of urea groups is 1. The number of aliphatic hydroxyl groups excluding tert-OH is 1. The van der Waals surface area contributed by atoms with Crippen LogP contribution >= 0.6 is 0 Å². The zero-order valence-corrected chi connectivity index (χ0v) is 14.7. The Morgan fingerprint density at radius 2 is 2.04 bits per heavy atom. The molecule has 0 spiro atoms. The lowest BCUT2D eigenvalue weighted by molar-refractivity contribution is -0.131. The average molecular weight is 368 g/mol. The molecule has 4 amide bonds. The summed E-state index contributed by atoms with van der Waals surface area (Å²) in [5.41, 5.74) is 1.99. The molecule has 0 aliphatic carbocycles. The molecule has 0 saturated carbocycles. The van der Waals surface area contributed by atoms with Crippen LogP contribution in [0.5, 0.6) is 0 Å². The van der Waals surface area contributed by atoms with Gasteiger partial charge in [0.25, 0.3) is 0 Å². The number of fused-ring (bicyclic) bond motifs is 1. The van der Waals surface area contributed by atoms with Crippen LogP contribution in [0.1, 0.15) is 5.56 Å². The maximum atomic E-state index is 12.5. The van der Waals surface area contributed by atoms with Gasteiger partial charge in [0.05, 0.1) is 11.6 Å². The highest BCUT2D eigenvalue weighted by molar-refractivity contribution is 6.03. The normalized spacial score (nSPS) is 22.6. The van der Waals surface area contributed by atoms with Crippen molar-refractivity contribution in [3.8, 4) is 0 Å². The van der Waals surface area contributed by atoms with Crippen LogP contribution < -0.4 is 5.32 Å². The molecule has 27 heavy (non-hydrogen) atoms. The summed E-state index contributed by atoms with van der Waals surface area (Å²) in [6, 6.07) is 9.24. The summed E-state index contributed by atoms with van der Waals surface area (Å²) < 4.78 is 0. The number of amides is 4. The smallest absolute Gasteiger partial charge is 0.325 e. The monoisotopic (exact) mass is 368 g/mol. The summed E-state index contributed by atoms with van der Waals surface area (Å²) >= 11 is 0. The lowest BCUT2D eigenvalue weighted by atomic mass is 9.94. The fraction of sp³-hybridized carbons (Fsp3) is 0.368. The fourth-order valence-corrected chi connectivity index (χ4v) is 3.75. The van der Waals surface area contributed by atoms with E-state index in [1.807, 2.05) is 30.3 Å². The van der Waals surface area contributed by atoms with Crippen LogP contribution in [0.15, 0.2) is 36.5 Å². The molecular weight excluding hydrogens is 348 g/mol. The first-order valence-electron chi connectivity index (χ1n) is 8.88. The number of pyridine rings is 1. The van der Waals surface area contributed by atoms with Crippen molar-refractivity contribution in [2.75, 3.05) is 26.2 Å². The highest BCUT2D eigenvalue weighted by atomic mass is 16.3. The van der Waals surface area contributed by atoms with Crippen molar-refractivity contribution in [3.63, 3.8) is 0 Å². The Morgan fingerprint density at radius 3 is 2.81 bits per heavy atom. The number of aromatic nitrogens is 1. The largest absolute Gasteiger partial charge is 0.391 e. The van der Waals surface area contributed by atoms with E-state index >= 15 is 0 Å². The highest BCUT2D eigenvalue weighted by Crippen LogP contribution is 2.25. The third-order valence-electron chi connectivity index (χ3n) is 5.17. The number of benzene rings is 1. The van der Waals surface area contributed by atoms with Crippen molar-refractivity contribution in [2.24, 2.45) is 5.92 Å². The first-order valence-corrected chi connectivity index (χ1v) is 8.88. The van der Waals surface area contributed by atoms with E-state index in [2.05, 4.69) is 10.3 Å². The van der Waals surface area contributed by atoms with Gasteiger partial charge in [0, 0.05) is 30.6 Å². The summed E-state index contributed by atoms with van der Waals surface area (Å²) in [5.74, 6) is -0.758. The SMILES string of the molecule is O=C1CN(CC(=O)N2CC(O)C(Cc3ccnc4ccccc34)C2)C(=O)N1. The number of nitrogens with zero attached hydrogens (tertiary/aromatic N) is 3. The maximum absolute atomic E-state index is 12.5. The molecule has 2 aliphatic rings. The Hall–Kier alpha value is -3.00. The van der Waals surface area contributed by atoms with Gasteiger partial charge in [-0.05, 0) is 24.1 Å². The third kappa shape index (κ3) is 3.48. The Morgan fingerprint density at radius 1 is 1.22 bits per heavy atom. The molecule has 140 valence electrons. The van der Waals surface area contributed by atoms with Gasteiger partial charge in [-0.1, -0.05) is 18.2 Å². The number of likely N-dealkylation sites (tertiary alicyclic amines) is 1. The molecule has 0 bridgehead atoms. The number of rotatable bonds is 4. The minimum atomic E-state index is -0.630. The van der Waals surface area contributed by atoms with Crippen molar-refractivity contribution in [2.45, 2.75) is 12.5 Å². The Labute approximate surface area is 155 Å². The fourth-order valence-electron chi connectivity index (χ4n) is 3.75. The van der Waals surface area contributed by atoms with E-state index in [9.17, 15) is 19.5 Å². The molecule has 0 radical (unpaired) electrons. The summed E-state index contributed by atoms with van der Waals surface area (Å²) in [7, 11) is 0. The van der Waals surface area contributed by atoms with Crippen LogP contribution in [-0.2, 0) is 16.0 Å². The molecule has 2 saturated heterocycles. The van der Waals surface area contributed by atoms with Crippen molar-refractivity contribution in [3.05, 3.63) is 42.1 Å². The third-order valence-corrected chi connectivity index (χ3v) is 5.17. The molecule has 8 nitrogen and oxygen atoms in total. The number of carbonyl (C=O) groups excluding carboxylic acids is 3. The van der Waals surface area contributed by atoms with E-state index in [1.54, 1.807) is 11.1 Å². The zero-order chi connectivity index (χ0) is 19.0. The quantitative estimate of drug-likeness (QED) is 0.748. The highest BCUT2D eigenvalue weighted by Gasteiger charge is 2.36. The second kappa shape index (κ2) is 6.96. The first kappa shape index (κ1) is 17.4. The van der Waals surface area contributed by atoms with E-state index in [0.29, 0.717) is 13.0 Å². The van der Waals surface area contributed by atoms with E-state index < -0.39 is 18.0 Å². The van der Waals surface area contributed by atoms with Gasteiger partial charge in [0.1, 0.15) is 13.1 Å². The van der Waals surface area contributed by atoms with Gasteiger partial charge in [-0.25, -0.2) is 4.79 Å². The van der Waals surface area contributed by atoms with Crippen molar-refractivity contribution >= 4 is 28.7 Å². The van der Waals surface area contributed by atoms with Gasteiger partial charge in [0.15, 0.2) is 0 Å². The van der Waals surface area contributed by atoms with Crippen LogP contribution in [-0.4, -0.2) is 70.0 Å². The molecule has 2 N–H and O–H groups in total. The topological polar surface area (TPSA) is 103 Å². The summed E-state index contributed by atoms with van der Waals surface area (Å²) in [6.07, 6.45) is 1.76. The van der Waals surface area contributed by atoms with E-state index in [0.717, 1.165) is 16.5 Å². The predicted molar refractivity (Wildman–Crippen MR) is 96.6 cm³/mol. The summed E-state index contributed by atoms with van der Waals surface area (Å²) in [4.78, 5) is 42.4. The van der Waals surface area contributed by atoms with Gasteiger partial charge in [-0.15, -0.1) is 0 Å². The molecule has 2 atom stereocenters. The van der Waals surface area contributed by atoms with Crippen molar-refractivity contribution in [1.82, 2.24) is 20.1 Å². The lowest BCUT2D eigenvalue weighted by Gasteiger charge is -2.20. The van der Waals surface area contributed by atoms with E-state index in [-0.39, 0.29) is 31.5 Å². The Bertz CT molecular complexity index is 910. The van der Waals surface area contributed by atoms with Crippen LogP contribution in [0.25, 0.3) is 10.9 Å². The summed E-state index contributed by atoms with van der Waals surface area (Å²) in [5, 5.41) is 13.6. The standard InChI is InChI=1S/C19H20N4O4/c24-16-9-22(18(26)11-23-10-17(25)21-19(23)27)8-13(16)7-12-5-6-20-15-4-2-1-3-14(12)15/h1-6,13,16,24H,7-11H2,(H,21,25,27). The molecule has 4 rings (SSSR count). The molecule has 2 fully saturated rings. The second-order valence-corrected chi connectivity index (χ2v) is 7.03. The molecule has 2 unspecified atom stereocenters.